The van der Waals surface area contributed by atoms with Crippen LogP contribution in [0.25, 0.3) is 0 Å². The third kappa shape index (κ3) is 3.64. The molecule has 0 aliphatic heterocycles. The number of pyridine rings is 1. The van der Waals surface area contributed by atoms with Crippen LogP contribution in [0.4, 0.5) is 0 Å². The summed E-state index contributed by atoms with van der Waals surface area (Å²) in [7, 11) is 2.24. The first-order valence-electron chi connectivity index (χ1n) is 8.21. The molecule has 3 nitrogen and oxygen atoms in total. The van der Waals surface area contributed by atoms with Crippen molar-refractivity contribution in [2.24, 2.45) is 17.1 Å². The molecule has 21 heavy (non-hydrogen) atoms. The Hall–Kier alpha value is -0.930. The van der Waals surface area contributed by atoms with Gasteiger partial charge in [-0.25, -0.2) is 0 Å². The number of nitrogens with two attached hydrogens (primary N) is 1. The number of hydrogen-bond acceptors (Lipinski definition) is 3. The van der Waals surface area contributed by atoms with Crippen molar-refractivity contribution in [2.45, 2.75) is 52.0 Å². The Labute approximate surface area is 129 Å². The SMILES string of the molecule is CC1CC(C)(C)CCC1(CN)N(C)CCc1ccccn1. The molecule has 1 aromatic rings. The minimum absolute atomic E-state index is 0.157. The number of aromatic nitrogens is 1. The highest BCUT2D eigenvalue weighted by Crippen LogP contribution is 2.45. The van der Waals surface area contributed by atoms with E-state index in [0.717, 1.165) is 19.5 Å². The summed E-state index contributed by atoms with van der Waals surface area (Å²) >= 11 is 0. The number of nitrogens with zero attached hydrogens (tertiary/aromatic N) is 2. The molecule has 3 heteroatoms. The lowest BCUT2D eigenvalue weighted by Gasteiger charge is -2.52. The van der Waals surface area contributed by atoms with E-state index < -0.39 is 0 Å². The van der Waals surface area contributed by atoms with Gasteiger partial charge in [-0.1, -0.05) is 26.8 Å². The smallest absolute Gasteiger partial charge is 0.0416 e. The van der Waals surface area contributed by atoms with Crippen molar-refractivity contribution >= 4 is 0 Å². The Balaban J connectivity index is 2.03. The van der Waals surface area contributed by atoms with E-state index in [4.69, 9.17) is 5.73 Å². The van der Waals surface area contributed by atoms with E-state index in [-0.39, 0.29) is 5.54 Å². The van der Waals surface area contributed by atoms with Crippen molar-refractivity contribution in [1.82, 2.24) is 9.88 Å². The van der Waals surface area contributed by atoms with E-state index >= 15 is 0 Å². The van der Waals surface area contributed by atoms with Gasteiger partial charge in [0.2, 0.25) is 0 Å². The van der Waals surface area contributed by atoms with Gasteiger partial charge in [-0.05, 0) is 49.8 Å². The van der Waals surface area contributed by atoms with Crippen LogP contribution in [0.1, 0.15) is 45.7 Å². The molecule has 0 amide bonds. The van der Waals surface area contributed by atoms with Crippen molar-refractivity contribution in [3.05, 3.63) is 30.1 Å². The van der Waals surface area contributed by atoms with Crippen LogP contribution in [0, 0.1) is 11.3 Å². The van der Waals surface area contributed by atoms with Crippen molar-refractivity contribution in [1.29, 1.82) is 0 Å². The van der Waals surface area contributed by atoms with E-state index in [9.17, 15) is 0 Å². The lowest BCUT2D eigenvalue weighted by atomic mass is 9.63. The van der Waals surface area contributed by atoms with Crippen LogP contribution in [0.5, 0.6) is 0 Å². The van der Waals surface area contributed by atoms with E-state index in [1.807, 2.05) is 12.3 Å². The predicted molar refractivity (Wildman–Crippen MR) is 89.2 cm³/mol. The highest BCUT2D eigenvalue weighted by molar-refractivity contribution is 5.06. The molecule has 1 aliphatic carbocycles. The summed E-state index contributed by atoms with van der Waals surface area (Å²) < 4.78 is 0. The maximum Gasteiger partial charge on any atom is 0.0416 e. The van der Waals surface area contributed by atoms with Gasteiger partial charge in [-0.3, -0.25) is 9.88 Å². The van der Waals surface area contributed by atoms with Gasteiger partial charge in [0.05, 0.1) is 0 Å². The van der Waals surface area contributed by atoms with Gasteiger partial charge in [0, 0.05) is 36.9 Å². The lowest BCUT2D eigenvalue weighted by molar-refractivity contribution is -0.00660. The normalized spacial score (nSPS) is 28.8. The zero-order valence-corrected chi connectivity index (χ0v) is 14.1. The van der Waals surface area contributed by atoms with Crippen LogP contribution in [0.2, 0.25) is 0 Å². The molecule has 1 saturated carbocycles. The molecule has 118 valence electrons. The zero-order valence-electron chi connectivity index (χ0n) is 14.1. The Kier molecular flexibility index (Phi) is 5.05. The average molecular weight is 289 g/mol. The monoisotopic (exact) mass is 289 g/mol. The van der Waals surface area contributed by atoms with E-state index in [0.29, 0.717) is 11.3 Å². The highest BCUT2D eigenvalue weighted by Gasteiger charge is 2.45. The van der Waals surface area contributed by atoms with Crippen LogP contribution >= 0.6 is 0 Å². The summed E-state index contributed by atoms with van der Waals surface area (Å²) in [5.41, 5.74) is 8.01. The third-order valence-corrected chi connectivity index (χ3v) is 5.55. The summed E-state index contributed by atoms with van der Waals surface area (Å²) in [4.78, 5) is 6.93. The van der Waals surface area contributed by atoms with Crippen molar-refractivity contribution < 1.29 is 0 Å². The molecule has 1 aromatic heterocycles. The van der Waals surface area contributed by atoms with E-state index in [1.165, 1.54) is 25.0 Å². The first-order chi connectivity index (χ1) is 9.89. The molecule has 0 spiro atoms. The second-order valence-corrected chi connectivity index (χ2v) is 7.57. The molecule has 1 fully saturated rings. The van der Waals surface area contributed by atoms with Gasteiger partial charge in [0.15, 0.2) is 0 Å². The van der Waals surface area contributed by atoms with Gasteiger partial charge >= 0.3 is 0 Å². The number of rotatable bonds is 5. The number of hydrogen-bond donors (Lipinski definition) is 1. The first-order valence-corrected chi connectivity index (χ1v) is 8.21. The Bertz CT molecular complexity index is 443. The summed E-state index contributed by atoms with van der Waals surface area (Å²) in [6.07, 6.45) is 6.60. The van der Waals surface area contributed by atoms with Crippen molar-refractivity contribution in [3.8, 4) is 0 Å². The summed E-state index contributed by atoms with van der Waals surface area (Å²) in [5, 5.41) is 0. The molecular formula is C18H31N3. The van der Waals surface area contributed by atoms with Crippen molar-refractivity contribution in [2.75, 3.05) is 20.1 Å². The van der Waals surface area contributed by atoms with Gasteiger partial charge < -0.3 is 5.73 Å². The van der Waals surface area contributed by atoms with E-state index in [2.05, 4.69) is 49.8 Å². The van der Waals surface area contributed by atoms with Gasteiger partial charge in [-0.15, -0.1) is 0 Å². The van der Waals surface area contributed by atoms with Gasteiger partial charge in [0.1, 0.15) is 0 Å². The Morgan fingerprint density at radius 2 is 2.10 bits per heavy atom. The average Bonchev–Trinajstić information content (AvgIpc) is 2.46. The molecule has 0 saturated heterocycles. The summed E-state index contributed by atoms with van der Waals surface area (Å²) in [5.74, 6) is 0.639. The molecule has 0 aromatic carbocycles. The minimum atomic E-state index is 0.157. The molecule has 2 N–H and O–H groups in total. The van der Waals surface area contributed by atoms with Crippen LogP contribution in [-0.4, -0.2) is 35.6 Å². The Morgan fingerprint density at radius 1 is 1.33 bits per heavy atom. The maximum absolute atomic E-state index is 6.23. The summed E-state index contributed by atoms with van der Waals surface area (Å²) in [6, 6.07) is 6.14. The van der Waals surface area contributed by atoms with Crippen molar-refractivity contribution in [3.63, 3.8) is 0 Å². The predicted octanol–water partition coefficient (Wildman–Crippen LogP) is 3.10. The molecule has 2 atom stereocenters. The van der Waals surface area contributed by atoms with Gasteiger partial charge in [0.25, 0.3) is 0 Å². The molecule has 1 aliphatic rings. The quantitative estimate of drug-likeness (QED) is 0.905. The standard InChI is InChI=1S/C18H31N3/c1-15-13-17(2,3)9-10-18(15,14-19)21(4)12-8-16-7-5-6-11-20-16/h5-7,11,15H,8-10,12-14,19H2,1-4H3. The fraction of sp³-hybridized carbons (Fsp3) is 0.722. The molecule has 0 bridgehead atoms. The van der Waals surface area contributed by atoms with E-state index in [1.54, 1.807) is 0 Å². The maximum atomic E-state index is 6.23. The largest absolute Gasteiger partial charge is 0.329 e. The third-order valence-electron chi connectivity index (χ3n) is 5.55. The molecule has 2 unspecified atom stereocenters. The fourth-order valence-corrected chi connectivity index (χ4v) is 4.00. The fourth-order valence-electron chi connectivity index (χ4n) is 4.00. The number of likely N-dealkylation sites (N-methyl/N-ethyl adjacent to an activating group) is 1. The molecule has 0 radical (unpaired) electrons. The van der Waals surface area contributed by atoms with Crippen LogP contribution in [-0.2, 0) is 6.42 Å². The first kappa shape index (κ1) is 16.4. The van der Waals surface area contributed by atoms with Crippen LogP contribution in [0.15, 0.2) is 24.4 Å². The zero-order chi connectivity index (χ0) is 15.5. The Morgan fingerprint density at radius 3 is 2.67 bits per heavy atom. The topological polar surface area (TPSA) is 42.1 Å². The minimum Gasteiger partial charge on any atom is -0.329 e. The summed E-state index contributed by atoms with van der Waals surface area (Å²) in [6.45, 7) is 8.93. The molecular weight excluding hydrogens is 258 g/mol. The van der Waals surface area contributed by atoms with Crippen LogP contribution in [0.3, 0.4) is 0 Å². The second-order valence-electron chi connectivity index (χ2n) is 7.57. The van der Waals surface area contributed by atoms with Gasteiger partial charge in [-0.2, -0.15) is 0 Å². The second kappa shape index (κ2) is 6.45. The lowest BCUT2D eigenvalue weighted by Crippen LogP contribution is -2.60. The highest BCUT2D eigenvalue weighted by atomic mass is 15.2. The van der Waals surface area contributed by atoms with Crippen LogP contribution < -0.4 is 5.73 Å². The molecule has 2 rings (SSSR count). The molecule has 1 heterocycles.